The second-order valence-electron chi connectivity index (χ2n) is 7.68. The Labute approximate surface area is 166 Å². The number of esters is 1. The van der Waals surface area contributed by atoms with Crippen LogP contribution in [0.3, 0.4) is 0 Å². The van der Waals surface area contributed by atoms with E-state index in [9.17, 15) is 14.4 Å². The normalized spacial score (nSPS) is 11.0. The molecule has 0 atom stereocenters. The van der Waals surface area contributed by atoms with Gasteiger partial charge in [0.05, 0.1) is 0 Å². The summed E-state index contributed by atoms with van der Waals surface area (Å²) >= 11 is 0. The Morgan fingerprint density at radius 1 is 1.00 bits per heavy atom. The lowest BCUT2D eigenvalue weighted by Crippen LogP contribution is -2.50. The number of hydrogen-bond acceptors (Lipinski definition) is 6. The van der Waals surface area contributed by atoms with Crippen molar-refractivity contribution in [2.24, 2.45) is 5.92 Å². The minimum atomic E-state index is -0.835. The molecule has 0 aliphatic heterocycles. The molecule has 0 heterocycles. The van der Waals surface area contributed by atoms with Gasteiger partial charge in [-0.05, 0) is 32.3 Å². The number of hydrazine groups is 1. The third kappa shape index (κ3) is 8.75. The number of nitrogens with zero attached hydrogens (tertiary/aromatic N) is 2. The maximum absolute atomic E-state index is 12.4. The van der Waals surface area contributed by atoms with Crippen molar-refractivity contribution < 1.29 is 28.6 Å². The van der Waals surface area contributed by atoms with Gasteiger partial charge in [0.15, 0.2) is 6.61 Å². The van der Waals surface area contributed by atoms with Crippen molar-refractivity contribution in [3.05, 3.63) is 35.9 Å². The van der Waals surface area contributed by atoms with E-state index in [1.54, 1.807) is 20.8 Å². The molecule has 8 heteroatoms. The number of rotatable bonds is 6. The molecule has 1 aromatic carbocycles. The van der Waals surface area contributed by atoms with Gasteiger partial charge in [-0.15, -0.1) is 0 Å². The predicted octanol–water partition coefficient (Wildman–Crippen LogP) is 3.61. The van der Waals surface area contributed by atoms with Crippen molar-refractivity contribution in [1.29, 1.82) is 0 Å². The van der Waals surface area contributed by atoms with Crippen molar-refractivity contribution in [2.45, 2.75) is 46.8 Å². The number of carbonyl (C=O) groups is 3. The lowest BCUT2D eigenvalue weighted by molar-refractivity contribution is -0.149. The van der Waals surface area contributed by atoms with Gasteiger partial charge in [0.25, 0.3) is 0 Å². The number of hydrogen-bond donors (Lipinski definition) is 0. The molecule has 0 aliphatic carbocycles. The molecule has 0 N–H and O–H groups in total. The highest BCUT2D eigenvalue weighted by Crippen LogP contribution is 2.12. The van der Waals surface area contributed by atoms with E-state index in [0.717, 1.165) is 15.6 Å². The van der Waals surface area contributed by atoms with E-state index in [0.29, 0.717) is 0 Å². The zero-order valence-corrected chi connectivity index (χ0v) is 17.4. The molecule has 0 saturated carbocycles. The Hall–Kier alpha value is -2.77. The summed E-state index contributed by atoms with van der Waals surface area (Å²) in [4.78, 5) is 36.5. The van der Waals surface area contributed by atoms with Crippen LogP contribution < -0.4 is 0 Å². The van der Waals surface area contributed by atoms with Gasteiger partial charge in [0, 0.05) is 13.6 Å². The topological polar surface area (TPSA) is 85.4 Å². The van der Waals surface area contributed by atoms with Crippen LogP contribution in [0.5, 0.6) is 0 Å². The quantitative estimate of drug-likeness (QED) is 0.416. The number of amides is 2. The summed E-state index contributed by atoms with van der Waals surface area (Å²) in [6.45, 7) is 8.71. The maximum Gasteiger partial charge on any atom is 0.429 e. The van der Waals surface area contributed by atoms with Crippen LogP contribution in [0, 0.1) is 5.92 Å². The van der Waals surface area contributed by atoms with Crippen molar-refractivity contribution in [3.63, 3.8) is 0 Å². The third-order valence-corrected chi connectivity index (χ3v) is 3.32. The first-order valence-corrected chi connectivity index (χ1v) is 9.10. The molecule has 0 bridgehead atoms. The molecule has 2 amide bonds. The van der Waals surface area contributed by atoms with Crippen LogP contribution in [-0.4, -0.2) is 54.0 Å². The molecular weight excluding hydrogens is 364 g/mol. The van der Waals surface area contributed by atoms with Crippen LogP contribution in [0.15, 0.2) is 30.3 Å². The zero-order valence-electron chi connectivity index (χ0n) is 17.4. The number of carbonyl (C=O) groups excluding carboxylic acids is 3. The Morgan fingerprint density at radius 3 is 2.14 bits per heavy atom. The van der Waals surface area contributed by atoms with Crippen LogP contribution in [0.1, 0.15) is 40.2 Å². The molecule has 0 saturated heterocycles. The molecule has 0 aliphatic rings. The fourth-order valence-corrected chi connectivity index (χ4v) is 2.07. The largest absolute Gasteiger partial charge is 0.458 e. The van der Waals surface area contributed by atoms with Gasteiger partial charge < -0.3 is 14.2 Å². The first-order valence-electron chi connectivity index (χ1n) is 9.10. The van der Waals surface area contributed by atoms with Gasteiger partial charge in [0.2, 0.25) is 0 Å². The SMILES string of the molecule is CC(C)CN(C(=O)OCC(=O)OCc1ccccc1)N(C)C(=O)OC(C)(C)C. The highest BCUT2D eigenvalue weighted by molar-refractivity contribution is 5.77. The van der Waals surface area contributed by atoms with Gasteiger partial charge >= 0.3 is 18.2 Å². The highest BCUT2D eigenvalue weighted by Gasteiger charge is 2.29. The van der Waals surface area contributed by atoms with E-state index in [2.05, 4.69) is 0 Å². The van der Waals surface area contributed by atoms with Crippen LogP contribution >= 0.6 is 0 Å². The summed E-state index contributed by atoms with van der Waals surface area (Å²) in [5, 5.41) is 2.14. The zero-order chi connectivity index (χ0) is 21.3. The minimum Gasteiger partial charge on any atom is -0.458 e. The number of benzene rings is 1. The Balaban J connectivity index is 2.61. The van der Waals surface area contributed by atoms with E-state index in [-0.39, 0.29) is 19.1 Å². The van der Waals surface area contributed by atoms with Gasteiger partial charge in [-0.1, -0.05) is 44.2 Å². The molecule has 0 radical (unpaired) electrons. The first-order chi connectivity index (χ1) is 13.0. The summed E-state index contributed by atoms with van der Waals surface area (Å²) in [5.41, 5.74) is 0.119. The van der Waals surface area contributed by atoms with E-state index in [1.165, 1.54) is 7.05 Å². The fraction of sp³-hybridized carbons (Fsp3) is 0.550. The van der Waals surface area contributed by atoms with Crippen molar-refractivity contribution in [2.75, 3.05) is 20.2 Å². The fourth-order valence-electron chi connectivity index (χ4n) is 2.07. The van der Waals surface area contributed by atoms with E-state index >= 15 is 0 Å². The molecule has 0 aromatic heterocycles. The van der Waals surface area contributed by atoms with Gasteiger partial charge in [-0.25, -0.2) is 24.4 Å². The van der Waals surface area contributed by atoms with Crippen LogP contribution in [-0.2, 0) is 25.6 Å². The molecule has 8 nitrogen and oxygen atoms in total. The molecule has 28 heavy (non-hydrogen) atoms. The molecule has 156 valence electrons. The lowest BCUT2D eigenvalue weighted by Gasteiger charge is -2.33. The Bertz CT molecular complexity index is 654. The van der Waals surface area contributed by atoms with E-state index in [1.807, 2.05) is 44.2 Å². The van der Waals surface area contributed by atoms with Crippen LogP contribution in [0.25, 0.3) is 0 Å². The average Bonchev–Trinajstić information content (AvgIpc) is 2.61. The molecule has 1 aromatic rings. The number of ether oxygens (including phenoxy) is 3. The summed E-state index contributed by atoms with van der Waals surface area (Å²) in [5.74, 6) is -0.621. The van der Waals surface area contributed by atoms with Gasteiger partial charge in [-0.3, -0.25) is 0 Å². The first kappa shape index (κ1) is 23.3. The predicted molar refractivity (Wildman–Crippen MR) is 103 cm³/mol. The van der Waals surface area contributed by atoms with Crippen molar-refractivity contribution in [1.82, 2.24) is 10.0 Å². The third-order valence-electron chi connectivity index (χ3n) is 3.32. The average molecular weight is 394 g/mol. The summed E-state index contributed by atoms with van der Waals surface area (Å²) in [6.07, 6.45) is -1.53. The van der Waals surface area contributed by atoms with Crippen molar-refractivity contribution >= 4 is 18.2 Å². The summed E-state index contributed by atoms with van der Waals surface area (Å²) in [7, 11) is 1.41. The van der Waals surface area contributed by atoms with E-state index < -0.39 is 30.4 Å². The van der Waals surface area contributed by atoms with Gasteiger partial charge in [0.1, 0.15) is 12.2 Å². The molecule has 1 rings (SSSR count). The second kappa shape index (κ2) is 10.5. The smallest absolute Gasteiger partial charge is 0.429 e. The van der Waals surface area contributed by atoms with Crippen LogP contribution in [0.4, 0.5) is 9.59 Å². The van der Waals surface area contributed by atoms with Crippen molar-refractivity contribution in [3.8, 4) is 0 Å². The summed E-state index contributed by atoms with van der Waals surface area (Å²) < 4.78 is 15.4. The molecule has 0 spiro atoms. The molecule has 0 fully saturated rings. The Morgan fingerprint density at radius 2 is 1.61 bits per heavy atom. The van der Waals surface area contributed by atoms with Crippen LogP contribution in [0.2, 0.25) is 0 Å². The lowest BCUT2D eigenvalue weighted by atomic mass is 10.2. The second-order valence-corrected chi connectivity index (χ2v) is 7.68. The maximum atomic E-state index is 12.4. The molecular formula is C20H30N2O6. The highest BCUT2D eigenvalue weighted by atomic mass is 16.6. The standard InChI is InChI=1S/C20H30N2O6/c1-15(2)12-22(21(6)18(24)28-20(3,4)5)19(25)27-14-17(23)26-13-16-10-8-7-9-11-16/h7-11,15H,12-14H2,1-6H3. The monoisotopic (exact) mass is 394 g/mol. The molecule has 0 unspecified atom stereocenters. The minimum absolute atomic E-state index is 0.0578. The van der Waals surface area contributed by atoms with Gasteiger partial charge in [-0.2, -0.15) is 0 Å². The Kier molecular flexibility index (Phi) is 8.76. The summed E-state index contributed by atoms with van der Waals surface area (Å²) in [6, 6.07) is 9.16. The van der Waals surface area contributed by atoms with E-state index in [4.69, 9.17) is 14.2 Å².